The Bertz CT molecular complexity index is 987. The topological polar surface area (TPSA) is 79.0 Å². The van der Waals surface area contributed by atoms with E-state index < -0.39 is 17.5 Å². The normalized spacial score (nSPS) is 18.3. The molecular formula is C24H29N3O4. The second-order valence-electron chi connectivity index (χ2n) is 8.28. The fourth-order valence-electron chi connectivity index (χ4n) is 3.67. The highest BCUT2D eigenvalue weighted by Crippen LogP contribution is 2.30. The lowest BCUT2D eigenvalue weighted by Gasteiger charge is -2.24. The zero-order valence-corrected chi connectivity index (χ0v) is 18.6. The largest absolute Gasteiger partial charge is 0.496 e. The first-order valence-electron chi connectivity index (χ1n) is 10.3. The Balaban J connectivity index is 1.72. The lowest BCUT2D eigenvalue weighted by atomic mass is 9.90. The minimum atomic E-state index is -1.20. The summed E-state index contributed by atoms with van der Waals surface area (Å²) in [6, 6.07) is 14.5. The zero-order chi connectivity index (χ0) is 22.8. The fourth-order valence-corrected chi connectivity index (χ4v) is 3.67. The SMILES string of the molecule is COc1ccccc1CN(C)C(=O)CN1C(=O)N[C@](C)(c2ccc(C(C)C)cc2)C1=O. The number of methoxy groups -OCH3 is 1. The summed E-state index contributed by atoms with van der Waals surface area (Å²) in [7, 11) is 3.21. The lowest BCUT2D eigenvalue weighted by Crippen LogP contribution is -2.43. The quantitative estimate of drug-likeness (QED) is 0.694. The van der Waals surface area contributed by atoms with E-state index in [-0.39, 0.29) is 12.5 Å². The molecule has 2 aromatic carbocycles. The van der Waals surface area contributed by atoms with Gasteiger partial charge in [-0.3, -0.25) is 14.5 Å². The van der Waals surface area contributed by atoms with Crippen LogP contribution in [-0.2, 0) is 21.7 Å². The molecule has 2 aromatic rings. The summed E-state index contributed by atoms with van der Waals surface area (Å²) in [5.41, 5.74) is 1.48. The number of nitrogens with one attached hydrogen (secondary N) is 1. The summed E-state index contributed by atoms with van der Waals surface area (Å²) in [6.45, 7) is 5.83. The van der Waals surface area contributed by atoms with E-state index in [1.165, 1.54) is 4.90 Å². The van der Waals surface area contributed by atoms with Crippen molar-refractivity contribution in [1.82, 2.24) is 15.1 Å². The van der Waals surface area contributed by atoms with Gasteiger partial charge in [0, 0.05) is 19.2 Å². The Morgan fingerprint density at radius 2 is 1.77 bits per heavy atom. The highest BCUT2D eigenvalue weighted by Gasteiger charge is 2.49. The van der Waals surface area contributed by atoms with Crippen molar-refractivity contribution in [3.8, 4) is 5.75 Å². The lowest BCUT2D eigenvalue weighted by molar-refractivity contribution is -0.138. The number of amides is 4. The van der Waals surface area contributed by atoms with E-state index in [9.17, 15) is 14.4 Å². The van der Waals surface area contributed by atoms with E-state index >= 15 is 0 Å². The van der Waals surface area contributed by atoms with Crippen molar-refractivity contribution in [1.29, 1.82) is 0 Å². The third-order valence-corrected chi connectivity index (χ3v) is 5.75. The van der Waals surface area contributed by atoms with Crippen molar-refractivity contribution >= 4 is 17.8 Å². The van der Waals surface area contributed by atoms with Crippen LogP contribution in [0.3, 0.4) is 0 Å². The summed E-state index contributed by atoms with van der Waals surface area (Å²) in [5.74, 6) is 0.265. The van der Waals surface area contributed by atoms with Crippen molar-refractivity contribution in [3.63, 3.8) is 0 Å². The Hall–Kier alpha value is -3.35. The second-order valence-corrected chi connectivity index (χ2v) is 8.28. The first-order valence-corrected chi connectivity index (χ1v) is 10.3. The summed E-state index contributed by atoms with van der Waals surface area (Å²) in [6.07, 6.45) is 0. The number of benzene rings is 2. The zero-order valence-electron chi connectivity index (χ0n) is 18.6. The van der Waals surface area contributed by atoms with Gasteiger partial charge in [-0.15, -0.1) is 0 Å². The van der Waals surface area contributed by atoms with E-state index in [1.807, 2.05) is 48.5 Å². The van der Waals surface area contributed by atoms with Gasteiger partial charge in [-0.05, 0) is 30.0 Å². The van der Waals surface area contributed by atoms with Crippen molar-refractivity contribution < 1.29 is 19.1 Å². The third kappa shape index (κ3) is 4.40. The first-order chi connectivity index (χ1) is 14.7. The number of imide groups is 1. The minimum absolute atomic E-state index is 0.306. The van der Waals surface area contributed by atoms with Crippen LogP contribution in [0.25, 0.3) is 0 Å². The summed E-state index contributed by atoms with van der Waals surface area (Å²) >= 11 is 0. The van der Waals surface area contributed by atoms with Gasteiger partial charge >= 0.3 is 6.03 Å². The number of ether oxygens (including phenoxy) is 1. The predicted molar refractivity (Wildman–Crippen MR) is 118 cm³/mol. The van der Waals surface area contributed by atoms with Gasteiger partial charge in [0.15, 0.2) is 0 Å². The molecule has 3 rings (SSSR count). The molecule has 1 N–H and O–H groups in total. The molecule has 1 fully saturated rings. The molecule has 0 radical (unpaired) electrons. The van der Waals surface area contributed by atoms with E-state index in [0.717, 1.165) is 16.0 Å². The maximum atomic E-state index is 13.1. The summed E-state index contributed by atoms with van der Waals surface area (Å²) in [5, 5.41) is 2.75. The molecule has 1 saturated heterocycles. The molecule has 0 spiro atoms. The van der Waals surface area contributed by atoms with Crippen LogP contribution in [0, 0.1) is 0 Å². The van der Waals surface area contributed by atoms with Gasteiger partial charge in [0.05, 0.1) is 7.11 Å². The number of rotatable bonds is 7. The second kappa shape index (κ2) is 8.79. The number of carbonyl (C=O) groups excluding carboxylic acids is 3. The molecule has 31 heavy (non-hydrogen) atoms. The molecule has 1 aliphatic heterocycles. The maximum absolute atomic E-state index is 13.1. The molecule has 0 unspecified atom stereocenters. The van der Waals surface area contributed by atoms with Gasteiger partial charge < -0.3 is 15.0 Å². The van der Waals surface area contributed by atoms with Crippen LogP contribution in [0.5, 0.6) is 5.75 Å². The van der Waals surface area contributed by atoms with Crippen LogP contribution < -0.4 is 10.1 Å². The van der Waals surface area contributed by atoms with Gasteiger partial charge in [-0.1, -0.05) is 56.3 Å². The van der Waals surface area contributed by atoms with Crippen molar-refractivity contribution in [2.45, 2.75) is 38.8 Å². The Morgan fingerprint density at radius 1 is 1.13 bits per heavy atom. The molecule has 0 bridgehead atoms. The van der Waals surface area contributed by atoms with Crippen LogP contribution in [-0.4, -0.2) is 48.3 Å². The predicted octanol–water partition coefficient (Wildman–Crippen LogP) is 3.24. The number of hydrogen-bond acceptors (Lipinski definition) is 4. The molecule has 1 atom stereocenters. The molecule has 7 heteroatoms. The van der Waals surface area contributed by atoms with Gasteiger partial charge in [-0.2, -0.15) is 0 Å². The minimum Gasteiger partial charge on any atom is -0.496 e. The molecule has 0 aliphatic carbocycles. The molecule has 1 aliphatic rings. The summed E-state index contributed by atoms with van der Waals surface area (Å²) in [4.78, 5) is 40.9. The Kier molecular flexibility index (Phi) is 6.34. The molecule has 7 nitrogen and oxygen atoms in total. The van der Waals surface area contributed by atoms with E-state index in [1.54, 1.807) is 21.1 Å². The molecule has 0 aromatic heterocycles. The van der Waals surface area contributed by atoms with Crippen LogP contribution in [0.4, 0.5) is 4.79 Å². The van der Waals surface area contributed by atoms with E-state index in [4.69, 9.17) is 4.74 Å². The highest BCUT2D eigenvalue weighted by atomic mass is 16.5. The molecule has 4 amide bonds. The van der Waals surface area contributed by atoms with Crippen molar-refractivity contribution in [3.05, 3.63) is 65.2 Å². The van der Waals surface area contributed by atoms with E-state index in [2.05, 4.69) is 19.2 Å². The smallest absolute Gasteiger partial charge is 0.325 e. The highest BCUT2D eigenvalue weighted by molar-refractivity contribution is 6.09. The molecule has 164 valence electrons. The number of nitrogens with zero attached hydrogens (tertiary/aromatic N) is 2. The standard InChI is InChI=1S/C24H29N3O4/c1-16(2)17-10-12-19(13-11-17)24(3)22(29)27(23(30)25-24)15-21(28)26(4)14-18-8-6-7-9-20(18)31-5/h6-13,16H,14-15H2,1-5H3,(H,25,30)/t24-/m1/s1. The number of hydrogen-bond donors (Lipinski definition) is 1. The fraction of sp³-hybridized carbons (Fsp3) is 0.375. The third-order valence-electron chi connectivity index (χ3n) is 5.75. The maximum Gasteiger partial charge on any atom is 0.325 e. The Morgan fingerprint density at radius 3 is 2.39 bits per heavy atom. The number of urea groups is 1. The van der Waals surface area contributed by atoms with Gasteiger partial charge in [0.2, 0.25) is 5.91 Å². The number of para-hydroxylation sites is 1. The van der Waals surface area contributed by atoms with Crippen LogP contribution in [0.2, 0.25) is 0 Å². The summed E-state index contributed by atoms with van der Waals surface area (Å²) < 4.78 is 5.33. The number of carbonyl (C=O) groups is 3. The van der Waals surface area contributed by atoms with Gasteiger partial charge in [0.1, 0.15) is 17.8 Å². The van der Waals surface area contributed by atoms with Crippen molar-refractivity contribution in [2.24, 2.45) is 0 Å². The number of likely N-dealkylation sites (N-methyl/N-ethyl adjacent to an activating group) is 1. The monoisotopic (exact) mass is 423 g/mol. The Labute approximate surface area is 183 Å². The molecular weight excluding hydrogens is 394 g/mol. The van der Waals surface area contributed by atoms with Crippen LogP contribution >= 0.6 is 0 Å². The van der Waals surface area contributed by atoms with Gasteiger partial charge in [0.25, 0.3) is 5.91 Å². The van der Waals surface area contributed by atoms with E-state index in [0.29, 0.717) is 23.8 Å². The average molecular weight is 424 g/mol. The molecule has 0 saturated carbocycles. The van der Waals surface area contributed by atoms with Crippen LogP contribution in [0.1, 0.15) is 43.4 Å². The molecule has 1 heterocycles. The van der Waals surface area contributed by atoms with Crippen molar-refractivity contribution in [2.75, 3.05) is 20.7 Å². The average Bonchev–Trinajstić information content (AvgIpc) is 2.98. The van der Waals surface area contributed by atoms with Gasteiger partial charge in [-0.25, -0.2) is 4.79 Å². The van der Waals surface area contributed by atoms with Crippen LogP contribution in [0.15, 0.2) is 48.5 Å². The first kappa shape index (κ1) is 22.3.